The maximum absolute atomic E-state index is 12.8. The van der Waals surface area contributed by atoms with Crippen LogP contribution in [0.2, 0.25) is 0 Å². The molecule has 1 aliphatic rings. The fraction of sp³-hybridized carbons (Fsp3) is 0.250. The zero-order valence-corrected chi connectivity index (χ0v) is 16.3. The van der Waals surface area contributed by atoms with Crippen molar-refractivity contribution in [3.05, 3.63) is 41.1 Å². The van der Waals surface area contributed by atoms with E-state index in [0.29, 0.717) is 30.5 Å². The lowest BCUT2D eigenvalue weighted by Crippen LogP contribution is -2.40. The molecule has 0 N–H and O–H groups in total. The van der Waals surface area contributed by atoms with E-state index in [1.54, 1.807) is 12.1 Å². The summed E-state index contributed by atoms with van der Waals surface area (Å²) in [4.78, 5) is 9.45. The number of rotatable bonds is 3. The Morgan fingerprint density at radius 3 is 2.72 bits per heavy atom. The molecule has 1 aliphatic heterocycles. The average Bonchev–Trinajstić information content (AvgIpc) is 3.12. The van der Waals surface area contributed by atoms with Crippen molar-refractivity contribution in [3.8, 4) is 10.6 Å². The predicted octanol–water partition coefficient (Wildman–Crippen LogP) is 3.14. The molecule has 4 rings (SSSR count). The first kappa shape index (κ1) is 17.0. The Morgan fingerprint density at radius 1 is 1.12 bits per heavy atom. The van der Waals surface area contributed by atoms with Gasteiger partial charge in [-0.2, -0.15) is 4.31 Å². The third kappa shape index (κ3) is 3.22. The van der Waals surface area contributed by atoms with E-state index < -0.39 is 10.0 Å². The number of fused-ring (bicyclic) bond motifs is 1. The Hall–Kier alpha value is -1.39. The van der Waals surface area contributed by atoms with E-state index in [1.807, 2.05) is 18.2 Å². The molecule has 130 valence electrons. The van der Waals surface area contributed by atoms with Gasteiger partial charge in [0.15, 0.2) is 0 Å². The summed E-state index contributed by atoms with van der Waals surface area (Å²) in [5.74, 6) is 0. The van der Waals surface area contributed by atoms with Gasteiger partial charge in [-0.25, -0.2) is 18.4 Å². The van der Waals surface area contributed by atoms with E-state index >= 15 is 0 Å². The van der Waals surface area contributed by atoms with Gasteiger partial charge in [0, 0.05) is 22.9 Å². The minimum absolute atomic E-state index is 0.325. The Bertz CT molecular complexity index is 1030. The van der Waals surface area contributed by atoms with Crippen LogP contribution in [0.4, 0.5) is 0 Å². The van der Waals surface area contributed by atoms with Crippen LogP contribution in [-0.4, -0.2) is 49.0 Å². The fourth-order valence-corrected chi connectivity index (χ4v) is 5.97. The van der Waals surface area contributed by atoms with Crippen molar-refractivity contribution in [3.63, 3.8) is 0 Å². The largest absolute Gasteiger partial charge is 0.379 e. The van der Waals surface area contributed by atoms with E-state index in [0.717, 1.165) is 25.9 Å². The summed E-state index contributed by atoms with van der Waals surface area (Å²) in [5, 5.41) is 0.883. The first-order valence-corrected chi connectivity index (χ1v) is 10.7. The Kier molecular flexibility index (Phi) is 4.59. The highest BCUT2D eigenvalue weighted by Gasteiger charge is 2.28. The quantitative estimate of drug-likeness (QED) is 0.626. The molecule has 3 heterocycles. The van der Waals surface area contributed by atoms with E-state index in [-0.39, 0.29) is 0 Å². The maximum Gasteiger partial charge on any atom is 0.252 e. The molecule has 0 aliphatic carbocycles. The van der Waals surface area contributed by atoms with Crippen LogP contribution in [0.1, 0.15) is 0 Å². The topological polar surface area (TPSA) is 72.4 Å². The molecule has 1 aromatic carbocycles. The van der Waals surface area contributed by atoms with Gasteiger partial charge in [-0.3, -0.25) is 0 Å². The Morgan fingerprint density at radius 2 is 1.92 bits per heavy atom. The van der Waals surface area contributed by atoms with E-state index in [2.05, 4.69) is 25.9 Å². The lowest BCUT2D eigenvalue weighted by molar-refractivity contribution is 0.0731. The van der Waals surface area contributed by atoms with E-state index in [1.165, 1.54) is 22.0 Å². The number of morpholine rings is 1. The predicted molar refractivity (Wildman–Crippen MR) is 100 cm³/mol. The molecule has 0 atom stereocenters. The second-order valence-corrected chi connectivity index (χ2v) is 9.68. The molecule has 2 aromatic heterocycles. The molecule has 3 aromatic rings. The molecule has 0 radical (unpaired) electrons. The normalized spacial score (nSPS) is 16.4. The van der Waals surface area contributed by atoms with Crippen LogP contribution in [0.5, 0.6) is 0 Å². The molecular formula is C16H14BrN3O3S2. The molecule has 25 heavy (non-hydrogen) atoms. The number of nitrogens with zero attached hydrogens (tertiary/aromatic N) is 3. The summed E-state index contributed by atoms with van der Waals surface area (Å²) < 4.78 is 33.5. The first-order chi connectivity index (χ1) is 12.1. The number of ether oxygens (including phenoxy) is 1. The Labute approximate surface area is 157 Å². The van der Waals surface area contributed by atoms with Crippen LogP contribution in [-0.2, 0) is 14.8 Å². The van der Waals surface area contributed by atoms with Crippen LogP contribution < -0.4 is 0 Å². The number of benzene rings is 1. The van der Waals surface area contributed by atoms with Gasteiger partial charge in [-0.15, -0.1) is 11.3 Å². The van der Waals surface area contributed by atoms with Gasteiger partial charge in [0.1, 0.15) is 10.5 Å². The van der Waals surface area contributed by atoms with Crippen molar-refractivity contribution in [1.82, 2.24) is 14.3 Å². The van der Waals surface area contributed by atoms with Crippen LogP contribution in [0.15, 0.2) is 45.3 Å². The standard InChI is InChI=1S/C16H14BrN3O3S2/c17-11-1-2-13-12(9-11)16(19-10-18-13)14-3-4-15(24-14)25(21,22)20-5-7-23-8-6-20/h1-4,9-10H,5-8H2. The lowest BCUT2D eigenvalue weighted by Gasteiger charge is -2.25. The molecule has 0 unspecified atom stereocenters. The smallest absolute Gasteiger partial charge is 0.252 e. The number of sulfonamides is 1. The van der Waals surface area contributed by atoms with Gasteiger partial charge in [0.25, 0.3) is 10.0 Å². The SMILES string of the molecule is O=S(=O)(c1ccc(-c2ncnc3ccc(Br)cc23)s1)N1CCOCC1. The van der Waals surface area contributed by atoms with E-state index in [9.17, 15) is 8.42 Å². The molecule has 6 nitrogen and oxygen atoms in total. The van der Waals surface area contributed by atoms with Crippen molar-refractivity contribution in [2.75, 3.05) is 26.3 Å². The van der Waals surface area contributed by atoms with Gasteiger partial charge in [0.2, 0.25) is 0 Å². The highest BCUT2D eigenvalue weighted by Crippen LogP contribution is 2.35. The van der Waals surface area contributed by atoms with Gasteiger partial charge >= 0.3 is 0 Å². The highest BCUT2D eigenvalue weighted by molar-refractivity contribution is 9.10. The summed E-state index contributed by atoms with van der Waals surface area (Å²) in [6, 6.07) is 9.23. The number of thiophene rings is 1. The highest BCUT2D eigenvalue weighted by atomic mass is 79.9. The second-order valence-electron chi connectivity index (χ2n) is 5.52. The second kappa shape index (κ2) is 6.73. The average molecular weight is 440 g/mol. The number of hydrogen-bond donors (Lipinski definition) is 0. The van der Waals surface area contributed by atoms with E-state index in [4.69, 9.17) is 4.74 Å². The maximum atomic E-state index is 12.8. The number of halogens is 1. The molecule has 9 heteroatoms. The van der Waals surface area contributed by atoms with Crippen molar-refractivity contribution >= 4 is 48.2 Å². The van der Waals surface area contributed by atoms with Gasteiger partial charge in [0.05, 0.1) is 29.3 Å². The summed E-state index contributed by atoms with van der Waals surface area (Å²) in [6.07, 6.45) is 1.50. The summed E-state index contributed by atoms with van der Waals surface area (Å²) in [5.41, 5.74) is 1.55. The van der Waals surface area contributed by atoms with Crippen LogP contribution in [0.3, 0.4) is 0 Å². The van der Waals surface area contributed by atoms with Gasteiger partial charge in [-0.1, -0.05) is 15.9 Å². The summed E-state index contributed by atoms with van der Waals surface area (Å²) in [7, 11) is -3.49. The number of hydrogen-bond acceptors (Lipinski definition) is 6. The minimum atomic E-state index is -3.49. The van der Waals surface area contributed by atoms with Crippen molar-refractivity contribution in [1.29, 1.82) is 0 Å². The van der Waals surface area contributed by atoms with Crippen LogP contribution in [0, 0.1) is 0 Å². The minimum Gasteiger partial charge on any atom is -0.379 e. The fourth-order valence-electron chi connectivity index (χ4n) is 2.73. The zero-order valence-electron chi connectivity index (χ0n) is 13.1. The molecule has 1 fully saturated rings. The molecule has 0 amide bonds. The van der Waals surface area contributed by atoms with Crippen molar-refractivity contribution < 1.29 is 13.2 Å². The van der Waals surface area contributed by atoms with Gasteiger partial charge in [-0.05, 0) is 30.3 Å². The zero-order chi connectivity index (χ0) is 17.4. The number of aromatic nitrogens is 2. The first-order valence-electron chi connectivity index (χ1n) is 7.64. The molecular weight excluding hydrogens is 426 g/mol. The monoisotopic (exact) mass is 439 g/mol. The van der Waals surface area contributed by atoms with Crippen LogP contribution in [0.25, 0.3) is 21.5 Å². The van der Waals surface area contributed by atoms with Crippen molar-refractivity contribution in [2.24, 2.45) is 0 Å². The van der Waals surface area contributed by atoms with Crippen LogP contribution >= 0.6 is 27.3 Å². The van der Waals surface area contributed by atoms with Gasteiger partial charge < -0.3 is 4.74 Å². The lowest BCUT2D eigenvalue weighted by atomic mass is 10.1. The van der Waals surface area contributed by atoms with Crippen molar-refractivity contribution in [2.45, 2.75) is 4.21 Å². The molecule has 0 saturated carbocycles. The summed E-state index contributed by atoms with van der Waals surface area (Å²) in [6.45, 7) is 1.64. The third-order valence-electron chi connectivity index (χ3n) is 3.98. The Balaban J connectivity index is 1.76. The molecule has 0 bridgehead atoms. The molecule has 0 spiro atoms. The summed E-state index contributed by atoms with van der Waals surface area (Å²) >= 11 is 4.69. The molecule has 1 saturated heterocycles. The third-order valence-corrected chi connectivity index (χ3v) is 7.93.